The van der Waals surface area contributed by atoms with Crippen LogP contribution in [0, 0.1) is 0 Å². The molecule has 3 aromatic rings. The molecule has 0 bridgehead atoms. The van der Waals surface area contributed by atoms with Crippen molar-refractivity contribution in [2.75, 3.05) is 12.4 Å². The van der Waals surface area contributed by atoms with E-state index in [9.17, 15) is 4.79 Å². The molecule has 2 aromatic heterocycles. The molecule has 0 saturated carbocycles. The van der Waals surface area contributed by atoms with Gasteiger partial charge in [0.1, 0.15) is 12.4 Å². The molecule has 0 fully saturated rings. The average molecular weight is 369 g/mol. The van der Waals surface area contributed by atoms with E-state index in [2.05, 4.69) is 20.3 Å². The zero-order valence-corrected chi connectivity index (χ0v) is 14.9. The topological polar surface area (TPSA) is 77.0 Å². The number of aromatic nitrogens is 3. The van der Waals surface area contributed by atoms with Crippen molar-refractivity contribution in [1.29, 1.82) is 0 Å². The molecule has 2 heterocycles. The Balaban J connectivity index is 1.62. The molecule has 0 atom stereocenters. The second-order valence-electron chi connectivity index (χ2n) is 5.63. The van der Waals surface area contributed by atoms with E-state index in [1.165, 1.54) is 12.4 Å². The van der Waals surface area contributed by atoms with Gasteiger partial charge in [0.15, 0.2) is 5.82 Å². The van der Waals surface area contributed by atoms with Crippen LogP contribution in [-0.2, 0) is 17.8 Å². The Morgan fingerprint density at radius 3 is 2.54 bits per heavy atom. The van der Waals surface area contributed by atoms with Crippen molar-refractivity contribution in [3.05, 3.63) is 82.5 Å². The van der Waals surface area contributed by atoms with E-state index < -0.39 is 0 Å². The number of benzene rings is 1. The first-order valence-electron chi connectivity index (χ1n) is 7.94. The van der Waals surface area contributed by atoms with Gasteiger partial charge in [0.05, 0.1) is 5.56 Å². The van der Waals surface area contributed by atoms with Crippen LogP contribution in [0.1, 0.15) is 27.3 Å². The lowest BCUT2D eigenvalue weighted by Crippen LogP contribution is -2.14. The third kappa shape index (κ3) is 4.84. The molecule has 1 aromatic carbocycles. The molecule has 0 aliphatic rings. The van der Waals surface area contributed by atoms with Crippen molar-refractivity contribution in [2.45, 2.75) is 13.0 Å². The lowest BCUT2D eigenvalue weighted by Gasteiger charge is -2.06. The van der Waals surface area contributed by atoms with Gasteiger partial charge in [0.2, 0.25) is 0 Å². The molecule has 0 aliphatic carbocycles. The summed E-state index contributed by atoms with van der Waals surface area (Å²) >= 11 is 6.00. The van der Waals surface area contributed by atoms with E-state index in [1.54, 1.807) is 19.4 Å². The molecule has 7 heteroatoms. The van der Waals surface area contributed by atoms with Crippen molar-refractivity contribution in [2.24, 2.45) is 0 Å². The highest BCUT2D eigenvalue weighted by Gasteiger charge is 2.09. The van der Waals surface area contributed by atoms with Gasteiger partial charge < -0.3 is 10.1 Å². The largest absolute Gasteiger partial charge is 0.377 e. The Hall–Kier alpha value is -2.83. The van der Waals surface area contributed by atoms with Crippen LogP contribution in [0.3, 0.4) is 0 Å². The van der Waals surface area contributed by atoms with Crippen molar-refractivity contribution in [3.63, 3.8) is 0 Å². The Bertz CT molecular complexity index is 883. The van der Waals surface area contributed by atoms with Crippen molar-refractivity contribution < 1.29 is 9.53 Å². The second-order valence-corrected chi connectivity index (χ2v) is 6.07. The molecule has 0 unspecified atom stereocenters. The van der Waals surface area contributed by atoms with E-state index >= 15 is 0 Å². The van der Waals surface area contributed by atoms with Crippen LogP contribution < -0.4 is 5.32 Å². The van der Waals surface area contributed by atoms with Crippen LogP contribution in [-0.4, -0.2) is 28.0 Å². The predicted molar refractivity (Wildman–Crippen MR) is 99.2 cm³/mol. The number of hydrogen-bond acceptors (Lipinski definition) is 5. The van der Waals surface area contributed by atoms with Crippen molar-refractivity contribution >= 4 is 23.3 Å². The summed E-state index contributed by atoms with van der Waals surface area (Å²) in [4.78, 5) is 24.6. The van der Waals surface area contributed by atoms with Crippen molar-refractivity contribution in [1.82, 2.24) is 15.0 Å². The minimum atomic E-state index is -0.316. The quantitative estimate of drug-likeness (QED) is 0.720. The van der Waals surface area contributed by atoms with Gasteiger partial charge in [0.25, 0.3) is 5.91 Å². The predicted octanol–water partition coefficient (Wildman–Crippen LogP) is 3.51. The molecular weight excluding hydrogens is 352 g/mol. The second kappa shape index (κ2) is 8.51. The molecule has 0 spiro atoms. The molecule has 1 N–H and O–H groups in total. The van der Waals surface area contributed by atoms with Crippen LogP contribution in [0.2, 0.25) is 5.02 Å². The van der Waals surface area contributed by atoms with E-state index in [0.717, 1.165) is 17.5 Å². The number of carbonyl (C=O) groups is 1. The number of ether oxygens (including phenoxy) is 1. The molecular formula is C19H17ClN4O2. The Morgan fingerprint density at radius 2 is 1.88 bits per heavy atom. The van der Waals surface area contributed by atoms with Gasteiger partial charge in [-0.2, -0.15) is 0 Å². The summed E-state index contributed by atoms with van der Waals surface area (Å²) in [6.45, 7) is 0.303. The normalized spacial score (nSPS) is 10.5. The molecule has 3 rings (SSSR count). The van der Waals surface area contributed by atoms with Crippen LogP contribution in [0.25, 0.3) is 0 Å². The van der Waals surface area contributed by atoms with Gasteiger partial charge >= 0.3 is 0 Å². The Labute approximate surface area is 156 Å². The number of methoxy groups -OCH3 is 1. The van der Waals surface area contributed by atoms with Gasteiger partial charge in [0, 0.05) is 30.7 Å². The highest BCUT2D eigenvalue weighted by Crippen LogP contribution is 2.15. The fourth-order valence-electron chi connectivity index (χ4n) is 2.35. The maximum Gasteiger partial charge on any atom is 0.259 e. The molecule has 132 valence electrons. The highest BCUT2D eigenvalue weighted by molar-refractivity contribution is 6.30. The monoisotopic (exact) mass is 368 g/mol. The molecule has 0 radical (unpaired) electrons. The van der Waals surface area contributed by atoms with E-state index in [4.69, 9.17) is 16.3 Å². The van der Waals surface area contributed by atoms with Gasteiger partial charge in [-0.25, -0.2) is 15.0 Å². The molecule has 0 aliphatic heterocycles. The minimum absolute atomic E-state index is 0.303. The Morgan fingerprint density at radius 1 is 1.08 bits per heavy atom. The zero-order chi connectivity index (χ0) is 18.4. The van der Waals surface area contributed by atoms with Gasteiger partial charge in [-0.15, -0.1) is 0 Å². The van der Waals surface area contributed by atoms with Crippen molar-refractivity contribution in [3.8, 4) is 0 Å². The minimum Gasteiger partial charge on any atom is -0.377 e. The number of nitrogens with one attached hydrogen (secondary N) is 1. The summed E-state index contributed by atoms with van der Waals surface area (Å²) in [7, 11) is 1.56. The Kier molecular flexibility index (Phi) is 5.88. The van der Waals surface area contributed by atoms with Gasteiger partial charge in [-0.05, 0) is 35.7 Å². The third-order valence-corrected chi connectivity index (χ3v) is 3.84. The number of anilines is 1. The van der Waals surface area contributed by atoms with Crippen LogP contribution >= 0.6 is 11.6 Å². The number of rotatable bonds is 6. The summed E-state index contributed by atoms with van der Waals surface area (Å²) in [5, 5.41) is 3.43. The highest BCUT2D eigenvalue weighted by atomic mass is 35.5. The van der Waals surface area contributed by atoms with Gasteiger partial charge in [-0.1, -0.05) is 29.8 Å². The summed E-state index contributed by atoms with van der Waals surface area (Å²) < 4.78 is 4.94. The maximum absolute atomic E-state index is 12.2. The first-order valence-corrected chi connectivity index (χ1v) is 8.32. The lowest BCUT2D eigenvalue weighted by molar-refractivity contribution is 0.102. The summed E-state index contributed by atoms with van der Waals surface area (Å²) in [5.41, 5.74) is 2.48. The lowest BCUT2D eigenvalue weighted by atomic mass is 10.1. The number of hydrogen-bond donors (Lipinski definition) is 1. The number of nitrogens with zero attached hydrogens (tertiary/aromatic N) is 3. The average Bonchev–Trinajstić information content (AvgIpc) is 2.64. The van der Waals surface area contributed by atoms with Crippen LogP contribution in [0.5, 0.6) is 0 Å². The number of carbonyl (C=O) groups excluding carboxylic acids is 1. The zero-order valence-electron chi connectivity index (χ0n) is 14.1. The molecule has 6 nitrogen and oxygen atoms in total. The smallest absolute Gasteiger partial charge is 0.259 e. The first kappa shape index (κ1) is 18.0. The molecule has 26 heavy (non-hydrogen) atoms. The molecule has 1 amide bonds. The van der Waals surface area contributed by atoms with Crippen LogP contribution in [0.15, 0.2) is 55.0 Å². The standard InChI is InChI=1S/C19H17ClN4O2/c1-26-12-18-22-10-15(11-23-18)19(25)24-17-6-5-14(9-21-17)7-13-3-2-4-16(20)8-13/h2-6,8-11H,7,12H2,1H3,(H,21,24,25). The summed E-state index contributed by atoms with van der Waals surface area (Å²) in [6, 6.07) is 11.4. The maximum atomic E-state index is 12.2. The fraction of sp³-hybridized carbons (Fsp3) is 0.158. The van der Waals surface area contributed by atoms with Crippen LogP contribution in [0.4, 0.5) is 5.82 Å². The van der Waals surface area contributed by atoms with E-state index in [-0.39, 0.29) is 5.91 Å². The third-order valence-electron chi connectivity index (χ3n) is 3.60. The number of amides is 1. The number of pyridine rings is 1. The summed E-state index contributed by atoms with van der Waals surface area (Å²) in [6.07, 6.45) is 5.37. The number of halogens is 1. The SMILES string of the molecule is COCc1ncc(C(=O)Nc2ccc(Cc3cccc(Cl)c3)cn2)cn1. The summed E-state index contributed by atoms with van der Waals surface area (Å²) in [5.74, 6) is 0.669. The van der Waals surface area contributed by atoms with E-state index in [0.29, 0.717) is 28.8 Å². The first-order chi connectivity index (χ1) is 12.6. The van der Waals surface area contributed by atoms with E-state index in [1.807, 2.05) is 30.3 Å². The fourth-order valence-corrected chi connectivity index (χ4v) is 2.56. The van der Waals surface area contributed by atoms with Gasteiger partial charge in [-0.3, -0.25) is 4.79 Å². The molecule has 0 saturated heterocycles.